The summed E-state index contributed by atoms with van der Waals surface area (Å²) in [6.45, 7) is 3.17. The summed E-state index contributed by atoms with van der Waals surface area (Å²) in [6.07, 6.45) is 7.40. The molecule has 1 aliphatic heterocycles. The topological polar surface area (TPSA) is 56.6 Å². The van der Waals surface area contributed by atoms with Crippen molar-refractivity contribution in [2.45, 2.75) is 19.3 Å². The number of aryl methyl sites for hydroxylation is 1. The Morgan fingerprint density at radius 3 is 2.88 bits per heavy atom. The summed E-state index contributed by atoms with van der Waals surface area (Å²) in [5, 5.41) is 0.913. The molecule has 0 spiro atoms. The van der Waals surface area contributed by atoms with Crippen LogP contribution >= 0.6 is 0 Å². The molecule has 24 heavy (non-hydrogen) atoms. The fourth-order valence-corrected chi connectivity index (χ4v) is 3.36. The fraction of sp³-hybridized carbons (Fsp3) is 0.556. The van der Waals surface area contributed by atoms with E-state index in [2.05, 4.69) is 4.98 Å². The molecule has 1 amide bonds. The molecule has 2 fully saturated rings. The van der Waals surface area contributed by atoms with Crippen LogP contribution in [0, 0.1) is 5.92 Å². The number of hydrogen-bond acceptors (Lipinski definition) is 4. The molecule has 0 aromatic carbocycles. The number of fused-ring (bicyclic) bond motifs is 1. The molecule has 0 N–H and O–H groups in total. The summed E-state index contributed by atoms with van der Waals surface area (Å²) in [5.41, 5.74) is 1.53. The van der Waals surface area contributed by atoms with E-state index in [-0.39, 0.29) is 5.91 Å². The van der Waals surface area contributed by atoms with Crippen LogP contribution in [0.3, 0.4) is 0 Å². The van der Waals surface area contributed by atoms with E-state index in [4.69, 9.17) is 9.47 Å². The van der Waals surface area contributed by atoms with Crippen LogP contribution in [0.5, 0.6) is 5.88 Å². The molecule has 3 heterocycles. The van der Waals surface area contributed by atoms with Gasteiger partial charge in [0.2, 0.25) is 5.88 Å². The molecule has 2 aromatic rings. The highest BCUT2D eigenvalue weighted by Gasteiger charge is 2.24. The number of carbonyl (C=O) groups excluding carboxylic acids is 1. The standard InChI is InChI=1S/C18H23N3O3/c1-20-6-5-14-16(20)15(18(22)21-7-9-23-10-8-21)11-19-17(14)24-12-13-3-2-4-13/h5-6,11,13H,2-4,7-10,12H2,1H3. The fourth-order valence-electron chi connectivity index (χ4n) is 3.36. The lowest BCUT2D eigenvalue weighted by atomic mass is 9.86. The van der Waals surface area contributed by atoms with Crippen LogP contribution in [0.15, 0.2) is 18.5 Å². The second-order valence-corrected chi connectivity index (χ2v) is 6.68. The van der Waals surface area contributed by atoms with Crippen LogP contribution in [0.1, 0.15) is 29.6 Å². The van der Waals surface area contributed by atoms with Gasteiger partial charge in [-0.3, -0.25) is 4.79 Å². The second kappa shape index (κ2) is 6.43. The molecular formula is C18H23N3O3. The van der Waals surface area contributed by atoms with Gasteiger partial charge in [0.15, 0.2) is 0 Å². The normalized spacial score (nSPS) is 18.6. The Kier molecular flexibility index (Phi) is 4.14. The highest BCUT2D eigenvalue weighted by atomic mass is 16.5. The van der Waals surface area contributed by atoms with Crippen molar-refractivity contribution in [3.63, 3.8) is 0 Å². The first-order valence-electron chi connectivity index (χ1n) is 8.68. The summed E-state index contributed by atoms with van der Waals surface area (Å²) in [5.74, 6) is 1.30. The first-order chi connectivity index (χ1) is 11.7. The Morgan fingerprint density at radius 1 is 1.38 bits per heavy atom. The molecule has 128 valence electrons. The van der Waals surface area contributed by atoms with Crippen molar-refractivity contribution in [3.8, 4) is 5.88 Å². The Morgan fingerprint density at radius 2 is 2.17 bits per heavy atom. The van der Waals surface area contributed by atoms with E-state index in [9.17, 15) is 4.79 Å². The smallest absolute Gasteiger partial charge is 0.257 e. The predicted molar refractivity (Wildman–Crippen MR) is 90.3 cm³/mol. The molecule has 2 aromatic heterocycles. The molecule has 1 aliphatic carbocycles. The lowest BCUT2D eigenvalue weighted by Crippen LogP contribution is -2.40. The molecule has 4 rings (SSSR count). The number of carbonyl (C=O) groups is 1. The minimum absolute atomic E-state index is 0.0168. The lowest BCUT2D eigenvalue weighted by Gasteiger charge is -2.27. The molecule has 0 unspecified atom stereocenters. The van der Waals surface area contributed by atoms with Gasteiger partial charge in [-0.1, -0.05) is 6.42 Å². The maximum Gasteiger partial charge on any atom is 0.257 e. The van der Waals surface area contributed by atoms with Gasteiger partial charge in [-0.2, -0.15) is 0 Å². The average Bonchev–Trinajstić information content (AvgIpc) is 2.96. The highest BCUT2D eigenvalue weighted by molar-refractivity contribution is 6.06. The number of morpholine rings is 1. The Bertz CT molecular complexity index is 745. The third-order valence-electron chi connectivity index (χ3n) is 5.08. The van der Waals surface area contributed by atoms with E-state index < -0.39 is 0 Å². The molecule has 0 atom stereocenters. The van der Waals surface area contributed by atoms with E-state index in [1.165, 1.54) is 19.3 Å². The van der Waals surface area contributed by atoms with Gasteiger partial charge in [0.25, 0.3) is 5.91 Å². The number of rotatable bonds is 4. The molecule has 1 saturated heterocycles. The van der Waals surface area contributed by atoms with E-state index in [1.807, 2.05) is 28.8 Å². The van der Waals surface area contributed by atoms with E-state index in [0.717, 1.165) is 10.9 Å². The summed E-state index contributed by atoms with van der Waals surface area (Å²) < 4.78 is 13.3. The van der Waals surface area contributed by atoms with Crippen molar-refractivity contribution in [1.82, 2.24) is 14.5 Å². The molecule has 0 radical (unpaired) electrons. The zero-order chi connectivity index (χ0) is 16.5. The van der Waals surface area contributed by atoms with Gasteiger partial charge in [-0.25, -0.2) is 4.98 Å². The Labute approximate surface area is 141 Å². The van der Waals surface area contributed by atoms with Crippen LogP contribution < -0.4 is 4.74 Å². The summed E-state index contributed by atoms with van der Waals surface area (Å²) in [6, 6.07) is 1.98. The molecule has 0 bridgehead atoms. The van der Waals surface area contributed by atoms with E-state index in [0.29, 0.717) is 50.3 Å². The highest BCUT2D eigenvalue weighted by Crippen LogP contribution is 2.31. The molecule has 6 nitrogen and oxygen atoms in total. The third-order valence-corrected chi connectivity index (χ3v) is 5.08. The third kappa shape index (κ3) is 2.75. The lowest BCUT2D eigenvalue weighted by molar-refractivity contribution is 0.0303. The molecular weight excluding hydrogens is 306 g/mol. The monoisotopic (exact) mass is 329 g/mol. The summed E-state index contributed by atoms with van der Waals surface area (Å²) in [4.78, 5) is 19.2. The second-order valence-electron chi connectivity index (χ2n) is 6.68. The summed E-state index contributed by atoms with van der Waals surface area (Å²) >= 11 is 0. The molecule has 1 saturated carbocycles. The predicted octanol–water partition coefficient (Wildman–Crippen LogP) is 2.22. The van der Waals surface area contributed by atoms with Crippen LogP contribution in [0.2, 0.25) is 0 Å². The largest absolute Gasteiger partial charge is 0.477 e. The van der Waals surface area contributed by atoms with Gasteiger partial charge < -0.3 is 18.9 Å². The van der Waals surface area contributed by atoms with Crippen molar-refractivity contribution >= 4 is 16.8 Å². The van der Waals surface area contributed by atoms with Crippen LogP contribution in [0.25, 0.3) is 10.9 Å². The quantitative estimate of drug-likeness (QED) is 0.863. The van der Waals surface area contributed by atoms with Gasteiger partial charge in [0.05, 0.1) is 36.3 Å². The average molecular weight is 329 g/mol. The van der Waals surface area contributed by atoms with Crippen LogP contribution in [0.4, 0.5) is 0 Å². The van der Waals surface area contributed by atoms with Crippen molar-refractivity contribution in [2.75, 3.05) is 32.9 Å². The first-order valence-corrected chi connectivity index (χ1v) is 8.68. The molecule has 6 heteroatoms. The number of ether oxygens (including phenoxy) is 2. The SMILES string of the molecule is Cn1ccc2c(OCC3CCC3)ncc(C(=O)N3CCOCC3)c21. The first kappa shape index (κ1) is 15.4. The maximum atomic E-state index is 12.9. The minimum atomic E-state index is 0.0168. The van der Waals surface area contributed by atoms with Gasteiger partial charge in [0, 0.05) is 32.5 Å². The number of hydrogen-bond donors (Lipinski definition) is 0. The van der Waals surface area contributed by atoms with Crippen LogP contribution in [-0.4, -0.2) is 53.3 Å². The Hall–Kier alpha value is -2.08. The van der Waals surface area contributed by atoms with Gasteiger partial charge in [0.1, 0.15) is 0 Å². The zero-order valence-corrected chi connectivity index (χ0v) is 14.0. The van der Waals surface area contributed by atoms with Gasteiger partial charge in [-0.15, -0.1) is 0 Å². The van der Waals surface area contributed by atoms with Crippen molar-refractivity contribution < 1.29 is 14.3 Å². The molecule has 2 aliphatic rings. The minimum Gasteiger partial charge on any atom is -0.477 e. The van der Waals surface area contributed by atoms with Gasteiger partial charge >= 0.3 is 0 Å². The summed E-state index contributed by atoms with van der Waals surface area (Å²) in [7, 11) is 1.95. The Balaban J connectivity index is 1.63. The van der Waals surface area contributed by atoms with E-state index in [1.54, 1.807) is 6.20 Å². The van der Waals surface area contributed by atoms with E-state index >= 15 is 0 Å². The van der Waals surface area contributed by atoms with Crippen molar-refractivity contribution in [3.05, 3.63) is 24.0 Å². The maximum absolute atomic E-state index is 12.9. The van der Waals surface area contributed by atoms with Gasteiger partial charge in [-0.05, 0) is 24.8 Å². The number of pyridine rings is 1. The number of amides is 1. The number of aromatic nitrogens is 2. The number of nitrogens with zero attached hydrogens (tertiary/aromatic N) is 3. The zero-order valence-electron chi connectivity index (χ0n) is 14.0. The van der Waals surface area contributed by atoms with Crippen molar-refractivity contribution in [1.29, 1.82) is 0 Å². The van der Waals surface area contributed by atoms with Crippen molar-refractivity contribution in [2.24, 2.45) is 13.0 Å². The van der Waals surface area contributed by atoms with Crippen LogP contribution in [-0.2, 0) is 11.8 Å².